The zero-order valence-electron chi connectivity index (χ0n) is 8.14. The van der Waals surface area contributed by atoms with Gasteiger partial charge >= 0.3 is 0 Å². The molecule has 0 saturated carbocycles. The summed E-state index contributed by atoms with van der Waals surface area (Å²) in [4.78, 5) is 10.6. The van der Waals surface area contributed by atoms with Crippen molar-refractivity contribution in [1.82, 2.24) is 0 Å². The molecule has 0 aliphatic rings. The van der Waals surface area contributed by atoms with E-state index in [4.69, 9.17) is 5.73 Å². The van der Waals surface area contributed by atoms with Crippen LogP contribution in [0.2, 0.25) is 0 Å². The van der Waals surface area contributed by atoms with Crippen LogP contribution in [0.25, 0.3) is 0 Å². The molecule has 0 aliphatic carbocycles. The lowest BCUT2D eigenvalue weighted by molar-refractivity contribution is -0.114. The van der Waals surface area contributed by atoms with E-state index in [0.29, 0.717) is 6.42 Å². The van der Waals surface area contributed by atoms with Crippen molar-refractivity contribution in [1.29, 1.82) is 0 Å². The van der Waals surface area contributed by atoms with Gasteiger partial charge in [0, 0.05) is 6.42 Å². The van der Waals surface area contributed by atoms with Gasteiger partial charge in [-0.2, -0.15) is 0 Å². The fraction of sp³-hybridized carbons (Fsp3) is 0.667. The predicted molar refractivity (Wildman–Crippen MR) is 48.6 cm³/mol. The van der Waals surface area contributed by atoms with Gasteiger partial charge in [-0.1, -0.05) is 20.8 Å². The quantitative estimate of drug-likeness (QED) is 0.491. The van der Waals surface area contributed by atoms with Crippen molar-refractivity contribution in [2.45, 2.75) is 34.1 Å². The van der Waals surface area contributed by atoms with E-state index in [1.165, 1.54) is 6.92 Å². The number of amides is 1. The minimum absolute atomic E-state index is 0.0270. The van der Waals surface area contributed by atoms with Gasteiger partial charge in [-0.05, 0) is 12.3 Å². The fourth-order valence-electron chi connectivity index (χ4n) is 0.777. The molecule has 3 nitrogen and oxygen atoms in total. The molecule has 0 saturated heterocycles. The predicted octanol–water partition coefficient (Wildman–Crippen LogP) is 1.74. The molecular weight excluding hydrogens is 154 g/mol. The molecule has 70 valence electrons. The van der Waals surface area contributed by atoms with Crippen molar-refractivity contribution in [3.8, 4) is 0 Å². The van der Waals surface area contributed by atoms with Crippen LogP contribution in [-0.4, -0.2) is 11.0 Å². The molecule has 0 bridgehead atoms. The monoisotopic (exact) mass is 171 g/mol. The first-order valence-corrected chi connectivity index (χ1v) is 3.92. The van der Waals surface area contributed by atoms with Crippen molar-refractivity contribution in [2.75, 3.05) is 0 Å². The van der Waals surface area contributed by atoms with Gasteiger partial charge in [-0.15, -0.1) is 0 Å². The summed E-state index contributed by atoms with van der Waals surface area (Å²) < 4.78 is 0. The molecule has 0 aromatic heterocycles. The van der Waals surface area contributed by atoms with Gasteiger partial charge in [0.2, 0.25) is 5.91 Å². The zero-order chi connectivity index (χ0) is 9.94. The Morgan fingerprint density at radius 3 is 2.08 bits per heavy atom. The third kappa shape index (κ3) is 4.01. The van der Waals surface area contributed by atoms with Crippen molar-refractivity contribution in [3.63, 3.8) is 0 Å². The van der Waals surface area contributed by atoms with Crippen LogP contribution in [-0.2, 0) is 4.79 Å². The molecule has 0 atom stereocenters. The zero-order valence-corrected chi connectivity index (χ0v) is 8.14. The number of rotatable bonds is 2. The highest BCUT2D eigenvalue weighted by molar-refractivity contribution is 5.91. The number of hydrogen-bond donors (Lipinski definition) is 2. The summed E-state index contributed by atoms with van der Waals surface area (Å²) in [5.74, 6) is -0.466. The van der Waals surface area contributed by atoms with Crippen LogP contribution in [0, 0.1) is 5.41 Å². The summed E-state index contributed by atoms with van der Waals surface area (Å²) >= 11 is 0. The molecule has 0 spiro atoms. The molecule has 0 rings (SSSR count). The number of primary amides is 1. The number of carbonyl (C=O) groups is 1. The molecule has 0 aromatic carbocycles. The smallest absolute Gasteiger partial charge is 0.247 e. The Bertz CT molecular complexity index is 211. The highest BCUT2D eigenvalue weighted by Crippen LogP contribution is 2.23. The first kappa shape index (κ1) is 11.0. The topological polar surface area (TPSA) is 63.3 Å². The minimum atomic E-state index is -0.559. The summed E-state index contributed by atoms with van der Waals surface area (Å²) in [6.07, 6.45) is 0.474. The second kappa shape index (κ2) is 3.61. The number of hydrogen-bond acceptors (Lipinski definition) is 2. The molecule has 1 amide bonds. The summed E-state index contributed by atoms with van der Waals surface area (Å²) in [7, 11) is 0. The summed E-state index contributed by atoms with van der Waals surface area (Å²) in [5.41, 5.74) is 5.23. The van der Waals surface area contributed by atoms with Crippen molar-refractivity contribution in [2.24, 2.45) is 11.1 Å². The summed E-state index contributed by atoms with van der Waals surface area (Å²) in [6, 6.07) is 0. The molecule has 0 radical (unpaired) electrons. The minimum Gasteiger partial charge on any atom is -0.512 e. The Hall–Kier alpha value is -0.990. The lowest BCUT2D eigenvalue weighted by Crippen LogP contribution is -2.16. The molecule has 0 unspecified atom stereocenters. The van der Waals surface area contributed by atoms with Crippen LogP contribution in [0.1, 0.15) is 34.1 Å². The van der Waals surface area contributed by atoms with E-state index in [1.54, 1.807) is 0 Å². The van der Waals surface area contributed by atoms with E-state index in [1.807, 2.05) is 20.8 Å². The number of nitrogens with two attached hydrogens (primary N) is 1. The van der Waals surface area contributed by atoms with E-state index in [2.05, 4.69) is 0 Å². The van der Waals surface area contributed by atoms with Gasteiger partial charge in [-0.25, -0.2) is 0 Å². The SMILES string of the molecule is CC(C(N)=O)=C(O)CC(C)(C)C. The standard InChI is InChI=1S/C9H17NO2/c1-6(8(10)12)7(11)5-9(2,3)4/h11H,5H2,1-4H3,(H2,10,12). The Balaban J connectivity index is 4.49. The number of aliphatic hydroxyl groups is 1. The van der Waals surface area contributed by atoms with Crippen LogP contribution in [0.5, 0.6) is 0 Å². The molecule has 0 aliphatic heterocycles. The maximum Gasteiger partial charge on any atom is 0.247 e. The molecule has 12 heavy (non-hydrogen) atoms. The van der Waals surface area contributed by atoms with Crippen molar-refractivity contribution < 1.29 is 9.90 Å². The first-order valence-electron chi connectivity index (χ1n) is 3.92. The molecular formula is C9H17NO2. The molecule has 0 heterocycles. The second-order valence-corrected chi connectivity index (χ2v) is 4.17. The first-order chi connectivity index (χ1) is 5.24. The Kier molecular flexibility index (Phi) is 3.31. The lowest BCUT2D eigenvalue weighted by atomic mass is 9.90. The number of aliphatic hydroxyl groups excluding tert-OH is 1. The van der Waals surface area contributed by atoms with Gasteiger partial charge in [0.05, 0.1) is 5.57 Å². The molecule has 3 N–H and O–H groups in total. The van der Waals surface area contributed by atoms with E-state index in [0.717, 1.165) is 0 Å². The van der Waals surface area contributed by atoms with Crippen LogP contribution >= 0.6 is 0 Å². The van der Waals surface area contributed by atoms with Crippen LogP contribution < -0.4 is 5.73 Å². The third-order valence-corrected chi connectivity index (χ3v) is 1.50. The summed E-state index contributed by atoms with van der Waals surface area (Å²) in [5, 5.41) is 9.40. The number of allylic oxidation sites excluding steroid dienone is 1. The van der Waals surface area contributed by atoms with E-state index >= 15 is 0 Å². The Labute approximate surface area is 73.3 Å². The van der Waals surface area contributed by atoms with Crippen molar-refractivity contribution in [3.05, 3.63) is 11.3 Å². The van der Waals surface area contributed by atoms with Gasteiger partial charge < -0.3 is 10.8 Å². The average molecular weight is 171 g/mol. The normalized spacial score (nSPS) is 14.0. The highest BCUT2D eigenvalue weighted by atomic mass is 16.3. The van der Waals surface area contributed by atoms with E-state index < -0.39 is 5.91 Å². The largest absolute Gasteiger partial charge is 0.512 e. The fourth-order valence-corrected chi connectivity index (χ4v) is 0.777. The van der Waals surface area contributed by atoms with Crippen LogP contribution in [0.4, 0.5) is 0 Å². The average Bonchev–Trinajstić information content (AvgIpc) is 1.82. The van der Waals surface area contributed by atoms with Gasteiger partial charge in [0.25, 0.3) is 0 Å². The van der Waals surface area contributed by atoms with Gasteiger partial charge in [-0.3, -0.25) is 4.79 Å². The maximum atomic E-state index is 10.6. The maximum absolute atomic E-state index is 10.6. The Morgan fingerprint density at radius 1 is 1.42 bits per heavy atom. The second-order valence-electron chi connectivity index (χ2n) is 4.17. The lowest BCUT2D eigenvalue weighted by Gasteiger charge is -2.17. The van der Waals surface area contributed by atoms with Crippen LogP contribution in [0.3, 0.4) is 0 Å². The van der Waals surface area contributed by atoms with Crippen LogP contribution in [0.15, 0.2) is 11.3 Å². The third-order valence-electron chi connectivity index (χ3n) is 1.50. The summed E-state index contributed by atoms with van der Waals surface area (Å²) in [6.45, 7) is 7.48. The molecule has 3 heteroatoms. The Morgan fingerprint density at radius 2 is 1.83 bits per heavy atom. The van der Waals surface area contributed by atoms with Crippen molar-refractivity contribution >= 4 is 5.91 Å². The van der Waals surface area contributed by atoms with E-state index in [9.17, 15) is 9.90 Å². The van der Waals surface area contributed by atoms with E-state index in [-0.39, 0.29) is 16.7 Å². The van der Waals surface area contributed by atoms with Gasteiger partial charge in [0.15, 0.2) is 0 Å². The highest BCUT2D eigenvalue weighted by Gasteiger charge is 2.15. The number of carbonyl (C=O) groups excluding carboxylic acids is 1. The molecule has 0 fully saturated rings. The molecule has 0 aromatic rings. The van der Waals surface area contributed by atoms with Gasteiger partial charge in [0.1, 0.15) is 5.76 Å².